The quantitative estimate of drug-likeness (QED) is 0.385. The molecular formula is C3H6Cl8Si4. The summed E-state index contributed by atoms with van der Waals surface area (Å²) in [7, 11) is 0. The van der Waals surface area contributed by atoms with Gasteiger partial charge >= 0.3 is 5.52 Å². The van der Waals surface area contributed by atoms with E-state index in [0.717, 1.165) is 6.42 Å². The monoisotopic (exact) mass is 434 g/mol. The molecule has 1 rings (SSSR count). The van der Waals surface area contributed by atoms with Gasteiger partial charge in [-0.2, -0.15) is 11.1 Å². The topological polar surface area (TPSA) is 0 Å². The molecule has 1 aliphatic rings. The summed E-state index contributed by atoms with van der Waals surface area (Å²) in [5.41, 5.74) is -6.14. The zero-order valence-corrected chi connectivity index (χ0v) is 17.2. The van der Waals surface area contributed by atoms with Crippen LogP contribution in [0.25, 0.3) is 0 Å². The molecule has 1 unspecified atom stereocenters. The first-order valence-corrected chi connectivity index (χ1v) is 23.5. The molecule has 1 aliphatic heterocycles. The zero-order chi connectivity index (χ0) is 12.1. The maximum absolute atomic E-state index is 6.50. The van der Waals surface area contributed by atoms with Crippen LogP contribution in [-0.2, 0) is 0 Å². The van der Waals surface area contributed by atoms with Crippen LogP contribution in [0, 0.1) is 0 Å². The average Bonchev–Trinajstić information content (AvgIpc) is 1.98. The van der Waals surface area contributed by atoms with Crippen molar-refractivity contribution in [2.75, 3.05) is 0 Å². The lowest BCUT2D eigenvalue weighted by atomic mass is 10.6. The molecule has 90 valence electrons. The van der Waals surface area contributed by atoms with Crippen molar-refractivity contribution in [2.24, 2.45) is 0 Å². The van der Waals surface area contributed by atoms with Crippen molar-refractivity contribution < 1.29 is 0 Å². The summed E-state index contributed by atoms with van der Waals surface area (Å²) >= 11 is 49.8. The summed E-state index contributed by atoms with van der Waals surface area (Å²) in [4.78, 5) is 0. The number of halogens is 8. The molecule has 15 heavy (non-hydrogen) atoms. The standard InChI is InChI=1S/C3H6Cl8Si4/c4-12(5)2-1-3-13(6,14(7,8)9)15(12,10)11/h1-3H2. The molecule has 1 fully saturated rings. The van der Waals surface area contributed by atoms with E-state index in [1.807, 2.05) is 0 Å². The maximum Gasteiger partial charge on any atom is 0.341 e. The van der Waals surface area contributed by atoms with Crippen LogP contribution in [0.1, 0.15) is 6.42 Å². The van der Waals surface area contributed by atoms with E-state index >= 15 is 0 Å². The second-order valence-electron chi connectivity index (χ2n) is 3.43. The summed E-state index contributed by atoms with van der Waals surface area (Å²) in [6, 6.07) is 1.26. The van der Waals surface area contributed by atoms with Gasteiger partial charge in [0.25, 0.3) is 11.9 Å². The third kappa shape index (κ3) is 2.72. The highest BCUT2D eigenvalue weighted by Crippen LogP contribution is 2.56. The third-order valence-corrected chi connectivity index (χ3v) is 86.1. The first kappa shape index (κ1) is 16.2. The minimum atomic E-state index is -3.12. The third-order valence-electron chi connectivity index (χ3n) is 2.42. The number of rotatable bonds is 1. The van der Waals surface area contributed by atoms with Crippen LogP contribution in [0.15, 0.2) is 0 Å². The lowest BCUT2D eigenvalue weighted by molar-refractivity contribution is 1.05. The molecule has 0 saturated carbocycles. The SMILES string of the molecule is Cl[Si](Cl)(Cl)[Si]1(Cl)CCC[Si](Cl)(Cl)[Si]1(Cl)Cl. The van der Waals surface area contributed by atoms with Gasteiger partial charge in [-0.1, -0.05) is 6.42 Å². The van der Waals surface area contributed by atoms with Gasteiger partial charge in [-0.15, -0.1) is 77.6 Å². The molecule has 0 spiro atoms. The first-order valence-electron chi connectivity index (χ1n) is 3.97. The minimum absolute atomic E-state index is 0.616. The fourth-order valence-electron chi connectivity index (χ4n) is 1.48. The average molecular weight is 438 g/mol. The molecule has 0 radical (unpaired) electrons. The van der Waals surface area contributed by atoms with Crippen LogP contribution in [0.2, 0.25) is 12.1 Å². The lowest BCUT2D eigenvalue weighted by Gasteiger charge is -2.45. The predicted molar refractivity (Wildman–Crippen MR) is 84.1 cm³/mol. The van der Waals surface area contributed by atoms with Gasteiger partial charge in [-0.05, 0) is 12.1 Å². The summed E-state index contributed by atoms with van der Waals surface area (Å²) in [6.45, 7) is 0. The summed E-state index contributed by atoms with van der Waals surface area (Å²) in [5, 5.41) is 0. The number of hydrogen-bond acceptors (Lipinski definition) is 0. The highest BCUT2D eigenvalue weighted by atomic mass is 35.9. The predicted octanol–water partition coefficient (Wildman–Crippen LogP) is 5.30. The van der Waals surface area contributed by atoms with Gasteiger partial charge in [-0.25, -0.2) is 0 Å². The molecule has 0 amide bonds. The second-order valence-corrected chi connectivity index (χ2v) is 54.7. The van der Waals surface area contributed by atoms with Crippen molar-refractivity contribution in [3.8, 4) is 0 Å². The molecule has 1 heterocycles. The fourth-order valence-corrected chi connectivity index (χ4v) is 94.1. The van der Waals surface area contributed by atoms with E-state index < -0.39 is 23.9 Å². The molecule has 0 aromatic carbocycles. The Balaban J connectivity index is 3.20. The molecular weight excluding hydrogens is 432 g/mol. The van der Waals surface area contributed by atoms with Crippen LogP contribution in [0.4, 0.5) is 0 Å². The van der Waals surface area contributed by atoms with Crippen molar-refractivity contribution in [3.05, 3.63) is 0 Å². The maximum atomic E-state index is 6.50. The van der Waals surface area contributed by atoms with E-state index in [1.165, 1.54) is 0 Å². The molecule has 0 aromatic heterocycles. The number of hydrogen-bond donors (Lipinski definition) is 0. The largest absolute Gasteiger partial charge is 0.341 e. The zero-order valence-electron chi connectivity index (χ0n) is 7.15. The lowest BCUT2D eigenvalue weighted by Crippen LogP contribution is -2.74. The Labute approximate surface area is 129 Å². The van der Waals surface area contributed by atoms with Crippen LogP contribution in [0.3, 0.4) is 0 Å². The van der Waals surface area contributed by atoms with Crippen LogP contribution in [-0.4, -0.2) is 23.9 Å². The van der Waals surface area contributed by atoms with Gasteiger partial charge in [0, 0.05) is 0 Å². The Morgan fingerprint density at radius 3 is 1.60 bits per heavy atom. The van der Waals surface area contributed by atoms with Crippen molar-refractivity contribution in [2.45, 2.75) is 18.5 Å². The van der Waals surface area contributed by atoms with Gasteiger partial charge in [0.15, 0.2) is 0 Å². The Morgan fingerprint density at radius 2 is 1.27 bits per heavy atom. The van der Waals surface area contributed by atoms with E-state index in [4.69, 9.17) is 88.6 Å². The van der Waals surface area contributed by atoms with Gasteiger partial charge in [0.2, 0.25) is 6.42 Å². The fraction of sp³-hybridized carbons (Fsp3) is 1.00. The van der Waals surface area contributed by atoms with E-state index in [-0.39, 0.29) is 0 Å². The van der Waals surface area contributed by atoms with Gasteiger partial charge in [0.1, 0.15) is 0 Å². The summed E-state index contributed by atoms with van der Waals surface area (Å²) in [6.07, 6.45) is -4.80. The van der Waals surface area contributed by atoms with Crippen molar-refractivity contribution >= 4 is 113 Å². The molecule has 0 nitrogen and oxygen atoms in total. The smallest absolute Gasteiger partial charge is 0.166 e. The van der Waals surface area contributed by atoms with E-state index in [2.05, 4.69) is 0 Å². The molecule has 0 N–H and O–H groups in total. The molecule has 0 bridgehead atoms. The Bertz CT molecular complexity index is 261. The molecule has 1 saturated heterocycles. The van der Waals surface area contributed by atoms with E-state index in [9.17, 15) is 0 Å². The van der Waals surface area contributed by atoms with Gasteiger partial charge in [0.05, 0.1) is 0 Å². The first-order chi connectivity index (χ1) is 6.46. The minimum Gasteiger partial charge on any atom is -0.166 e. The van der Waals surface area contributed by atoms with Crippen LogP contribution >= 0.6 is 88.6 Å². The van der Waals surface area contributed by atoms with Crippen molar-refractivity contribution in [3.63, 3.8) is 0 Å². The van der Waals surface area contributed by atoms with Crippen molar-refractivity contribution in [1.82, 2.24) is 0 Å². The molecule has 0 aliphatic carbocycles. The van der Waals surface area contributed by atoms with E-state index in [1.54, 1.807) is 0 Å². The van der Waals surface area contributed by atoms with Gasteiger partial charge < -0.3 is 0 Å². The highest BCUT2D eigenvalue weighted by Gasteiger charge is 2.76. The van der Waals surface area contributed by atoms with E-state index in [0.29, 0.717) is 12.1 Å². The Kier molecular flexibility index (Phi) is 5.35. The summed E-state index contributed by atoms with van der Waals surface area (Å²) < 4.78 is 0. The molecule has 1 atom stereocenters. The Morgan fingerprint density at radius 1 is 0.800 bits per heavy atom. The van der Waals surface area contributed by atoms with Crippen LogP contribution in [0.5, 0.6) is 0 Å². The normalized spacial score (nSPS) is 35.2. The second kappa shape index (κ2) is 4.94. The van der Waals surface area contributed by atoms with Crippen molar-refractivity contribution in [1.29, 1.82) is 0 Å². The summed E-state index contributed by atoms with van der Waals surface area (Å²) in [5.74, 6) is 0. The van der Waals surface area contributed by atoms with Crippen LogP contribution < -0.4 is 0 Å². The van der Waals surface area contributed by atoms with Gasteiger partial charge in [-0.3, -0.25) is 0 Å². The molecule has 0 aromatic rings. The Hall–Kier alpha value is 3.19. The molecule has 12 heteroatoms. The highest BCUT2D eigenvalue weighted by molar-refractivity contribution is 8.24.